The van der Waals surface area contributed by atoms with Crippen LogP contribution in [-0.2, 0) is 9.59 Å². The van der Waals surface area contributed by atoms with Crippen LogP contribution in [0.1, 0.15) is 32.1 Å². The number of fused-ring (bicyclic) bond motifs is 2. The summed E-state index contributed by atoms with van der Waals surface area (Å²) in [5.74, 6) is 0.0808. The predicted octanol–water partition coefficient (Wildman–Crippen LogP) is 1.27. The lowest BCUT2D eigenvalue weighted by Gasteiger charge is -2.21. The topological polar surface area (TPSA) is 70.0 Å². The van der Waals surface area contributed by atoms with Gasteiger partial charge in [-0.05, 0) is 37.0 Å². The van der Waals surface area contributed by atoms with Gasteiger partial charge >= 0.3 is 0 Å². The lowest BCUT2D eigenvalue weighted by Crippen LogP contribution is -2.33. The Hall–Kier alpha value is -1.37. The molecule has 0 spiro atoms. The number of nitrogens with zero attached hydrogens (tertiary/aromatic N) is 1. The fourth-order valence-electron chi connectivity index (χ4n) is 3.42. The molecule has 0 aromatic heterocycles. The van der Waals surface area contributed by atoms with Crippen molar-refractivity contribution in [2.75, 3.05) is 7.05 Å². The Balaban J connectivity index is 1.92. The van der Waals surface area contributed by atoms with Gasteiger partial charge in [0, 0.05) is 13.5 Å². The van der Waals surface area contributed by atoms with Crippen molar-refractivity contribution in [3.8, 4) is 6.07 Å². The minimum Gasteiger partial charge on any atom is -0.358 e. The molecule has 2 aliphatic rings. The summed E-state index contributed by atoms with van der Waals surface area (Å²) in [7, 11) is 1.46. The average molecular weight is 234 g/mol. The molecule has 0 radical (unpaired) electrons. The van der Waals surface area contributed by atoms with Gasteiger partial charge in [-0.3, -0.25) is 9.59 Å². The number of hydrogen-bond acceptors (Lipinski definition) is 3. The molecule has 92 valence electrons. The van der Waals surface area contributed by atoms with Crippen molar-refractivity contribution in [1.82, 2.24) is 5.32 Å². The Kier molecular flexibility index (Phi) is 3.46. The van der Waals surface area contributed by atoms with Crippen LogP contribution >= 0.6 is 0 Å². The molecule has 0 aromatic rings. The second-order valence-corrected chi connectivity index (χ2v) is 5.28. The van der Waals surface area contributed by atoms with Gasteiger partial charge in [0.1, 0.15) is 0 Å². The molecule has 1 amide bonds. The van der Waals surface area contributed by atoms with E-state index in [-0.39, 0.29) is 5.78 Å². The zero-order valence-corrected chi connectivity index (χ0v) is 10.1. The third kappa shape index (κ3) is 2.33. The largest absolute Gasteiger partial charge is 0.358 e. The van der Waals surface area contributed by atoms with Crippen molar-refractivity contribution in [2.45, 2.75) is 32.1 Å². The Labute approximate surface area is 101 Å². The molecule has 4 unspecified atom stereocenters. The van der Waals surface area contributed by atoms with E-state index < -0.39 is 11.8 Å². The summed E-state index contributed by atoms with van der Waals surface area (Å²) < 4.78 is 0. The Morgan fingerprint density at radius 3 is 2.65 bits per heavy atom. The van der Waals surface area contributed by atoms with Crippen LogP contribution in [0.4, 0.5) is 0 Å². The summed E-state index contributed by atoms with van der Waals surface area (Å²) in [5, 5.41) is 11.2. The first-order chi connectivity index (χ1) is 8.15. The molecule has 0 aliphatic heterocycles. The molecule has 4 heteroatoms. The van der Waals surface area contributed by atoms with Gasteiger partial charge in [-0.1, -0.05) is 6.42 Å². The van der Waals surface area contributed by atoms with E-state index in [2.05, 4.69) is 5.32 Å². The van der Waals surface area contributed by atoms with Crippen LogP contribution in [0.2, 0.25) is 0 Å². The molecular weight excluding hydrogens is 216 g/mol. The van der Waals surface area contributed by atoms with Crippen LogP contribution in [0.5, 0.6) is 0 Å². The van der Waals surface area contributed by atoms with Gasteiger partial charge in [0.25, 0.3) is 0 Å². The van der Waals surface area contributed by atoms with Gasteiger partial charge in [-0.25, -0.2) is 0 Å². The zero-order valence-electron chi connectivity index (χ0n) is 10.1. The van der Waals surface area contributed by atoms with Crippen LogP contribution in [0.3, 0.4) is 0 Å². The Morgan fingerprint density at radius 1 is 1.41 bits per heavy atom. The molecule has 2 fully saturated rings. The SMILES string of the molecule is CNC(=O)C(C#N)C(=O)CC1CC2CCC1C2. The average Bonchev–Trinajstić information content (AvgIpc) is 2.91. The van der Waals surface area contributed by atoms with E-state index >= 15 is 0 Å². The van der Waals surface area contributed by atoms with E-state index in [0.717, 1.165) is 12.3 Å². The predicted molar refractivity (Wildman–Crippen MR) is 61.7 cm³/mol. The van der Waals surface area contributed by atoms with Gasteiger partial charge in [-0.2, -0.15) is 5.26 Å². The third-order valence-electron chi connectivity index (χ3n) is 4.31. The molecule has 2 saturated carbocycles. The van der Waals surface area contributed by atoms with Crippen molar-refractivity contribution in [2.24, 2.45) is 23.7 Å². The molecule has 2 bridgehead atoms. The quantitative estimate of drug-likeness (QED) is 0.745. The number of carbonyl (C=O) groups excluding carboxylic acids is 2. The molecule has 2 rings (SSSR count). The molecule has 0 heterocycles. The van der Waals surface area contributed by atoms with E-state index in [1.165, 1.54) is 26.3 Å². The summed E-state index contributed by atoms with van der Waals surface area (Å²) in [6.07, 6.45) is 5.29. The number of nitrogens with one attached hydrogen (secondary N) is 1. The van der Waals surface area contributed by atoms with Crippen LogP contribution in [0.15, 0.2) is 0 Å². The van der Waals surface area contributed by atoms with Crippen molar-refractivity contribution in [3.05, 3.63) is 0 Å². The van der Waals surface area contributed by atoms with Crippen LogP contribution in [-0.4, -0.2) is 18.7 Å². The standard InChI is InChI=1S/C13H18N2O2/c1-15-13(17)11(7-14)12(16)6-10-5-8-2-3-9(10)4-8/h8-11H,2-6H2,1H3,(H,15,17). The normalized spacial score (nSPS) is 31.9. The highest BCUT2D eigenvalue weighted by atomic mass is 16.2. The number of Topliss-reactive ketones (excluding diaryl/α,β-unsaturated/α-hetero) is 1. The number of nitriles is 1. The summed E-state index contributed by atoms with van der Waals surface area (Å²) >= 11 is 0. The monoisotopic (exact) mass is 234 g/mol. The van der Waals surface area contributed by atoms with E-state index in [1.54, 1.807) is 0 Å². The van der Waals surface area contributed by atoms with Crippen LogP contribution in [0, 0.1) is 35.0 Å². The number of hydrogen-bond donors (Lipinski definition) is 1. The minimum atomic E-state index is -1.11. The minimum absolute atomic E-state index is 0.204. The van der Waals surface area contributed by atoms with Crippen molar-refractivity contribution in [3.63, 3.8) is 0 Å². The summed E-state index contributed by atoms with van der Waals surface area (Å²) in [4.78, 5) is 23.3. The van der Waals surface area contributed by atoms with Gasteiger partial charge in [0.05, 0.1) is 6.07 Å². The molecular formula is C13H18N2O2. The molecule has 4 nitrogen and oxygen atoms in total. The van der Waals surface area contributed by atoms with Gasteiger partial charge in [0.2, 0.25) is 5.91 Å². The first-order valence-electron chi connectivity index (χ1n) is 6.29. The fraction of sp³-hybridized carbons (Fsp3) is 0.769. The molecule has 2 aliphatic carbocycles. The second-order valence-electron chi connectivity index (χ2n) is 5.28. The van der Waals surface area contributed by atoms with Crippen molar-refractivity contribution < 1.29 is 9.59 Å². The summed E-state index contributed by atoms with van der Waals surface area (Å²) in [6.45, 7) is 0. The Bertz CT molecular complexity index is 372. The number of amides is 1. The summed E-state index contributed by atoms with van der Waals surface area (Å²) in [5.41, 5.74) is 0. The zero-order chi connectivity index (χ0) is 12.4. The maximum atomic E-state index is 11.9. The molecule has 17 heavy (non-hydrogen) atoms. The number of rotatable bonds is 4. The van der Waals surface area contributed by atoms with E-state index in [9.17, 15) is 9.59 Å². The lowest BCUT2D eigenvalue weighted by molar-refractivity contribution is -0.132. The highest BCUT2D eigenvalue weighted by Crippen LogP contribution is 2.49. The highest BCUT2D eigenvalue weighted by Gasteiger charge is 2.41. The first-order valence-corrected chi connectivity index (χ1v) is 6.29. The fourth-order valence-corrected chi connectivity index (χ4v) is 3.42. The molecule has 0 saturated heterocycles. The third-order valence-corrected chi connectivity index (χ3v) is 4.31. The van der Waals surface area contributed by atoms with Crippen LogP contribution in [0.25, 0.3) is 0 Å². The number of carbonyl (C=O) groups is 2. The van der Waals surface area contributed by atoms with E-state index in [4.69, 9.17) is 5.26 Å². The number of ketones is 1. The van der Waals surface area contributed by atoms with Crippen LogP contribution < -0.4 is 5.32 Å². The summed E-state index contributed by atoms with van der Waals surface area (Å²) in [6, 6.07) is 1.81. The highest BCUT2D eigenvalue weighted by molar-refractivity contribution is 6.03. The van der Waals surface area contributed by atoms with E-state index in [1.807, 2.05) is 6.07 Å². The molecule has 4 atom stereocenters. The lowest BCUT2D eigenvalue weighted by atomic mass is 9.83. The van der Waals surface area contributed by atoms with Gasteiger partial charge in [0.15, 0.2) is 11.7 Å². The molecule has 1 N–H and O–H groups in total. The smallest absolute Gasteiger partial charge is 0.244 e. The van der Waals surface area contributed by atoms with E-state index in [0.29, 0.717) is 18.3 Å². The van der Waals surface area contributed by atoms with Gasteiger partial charge < -0.3 is 5.32 Å². The maximum absolute atomic E-state index is 11.9. The van der Waals surface area contributed by atoms with Crippen molar-refractivity contribution in [1.29, 1.82) is 5.26 Å². The second kappa shape index (κ2) is 4.87. The maximum Gasteiger partial charge on any atom is 0.244 e. The molecule has 0 aromatic carbocycles. The van der Waals surface area contributed by atoms with Crippen molar-refractivity contribution >= 4 is 11.7 Å². The Morgan fingerprint density at radius 2 is 2.18 bits per heavy atom. The van der Waals surface area contributed by atoms with Gasteiger partial charge in [-0.15, -0.1) is 0 Å². The first kappa shape index (κ1) is 12.1.